The fourth-order valence-corrected chi connectivity index (χ4v) is 2.71. The smallest absolute Gasteiger partial charge is 0.141 e. The number of ether oxygens (including phenoxy) is 1. The Morgan fingerprint density at radius 3 is 2.71 bits per heavy atom. The van der Waals surface area contributed by atoms with E-state index in [1.165, 1.54) is 25.7 Å². The van der Waals surface area contributed by atoms with Gasteiger partial charge in [0.15, 0.2) is 0 Å². The second-order valence-corrected chi connectivity index (χ2v) is 5.63. The molecule has 1 atom stereocenters. The number of nitrogens with one attached hydrogen (secondary N) is 1. The van der Waals surface area contributed by atoms with E-state index in [0.29, 0.717) is 11.5 Å². The van der Waals surface area contributed by atoms with Crippen LogP contribution in [0.15, 0.2) is 24.3 Å². The topological polar surface area (TPSA) is 21.3 Å². The van der Waals surface area contributed by atoms with E-state index in [2.05, 4.69) is 31.3 Å². The number of rotatable bonds is 3. The maximum Gasteiger partial charge on any atom is 0.141 e. The third kappa shape index (κ3) is 2.74. The quantitative estimate of drug-likeness (QED) is 0.849. The number of benzene rings is 1. The summed E-state index contributed by atoms with van der Waals surface area (Å²) in [6.07, 6.45) is 5.25. The zero-order valence-corrected chi connectivity index (χ0v) is 11.1. The van der Waals surface area contributed by atoms with Gasteiger partial charge in [-0.15, -0.1) is 0 Å². The van der Waals surface area contributed by atoms with Gasteiger partial charge in [-0.05, 0) is 30.4 Å². The van der Waals surface area contributed by atoms with Crippen molar-refractivity contribution in [1.29, 1.82) is 0 Å². The van der Waals surface area contributed by atoms with Gasteiger partial charge in [-0.1, -0.05) is 38.8 Å². The maximum absolute atomic E-state index is 5.39. The molecule has 1 aliphatic rings. The van der Waals surface area contributed by atoms with Crippen molar-refractivity contribution in [2.45, 2.75) is 45.6 Å². The van der Waals surface area contributed by atoms with E-state index in [4.69, 9.17) is 4.74 Å². The van der Waals surface area contributed by atoms with Crippen LogP contribution < -0.4 is 10.1 Å². The van der Waals surface area contributed by atoms with Crippen LogP contribution >= 0.6 is 0 Å². The minimum atomic E-state index is 0.374. The largest absolute Gasteiger partial charge is 0.495 e. The van der Waals surface area contributed by atoms with E-state index in [-0.39, 0.29) is 0 Å². The van der Waals surface area contributed by atoms with Gasteiger partial charge in [0.2, 0.25) is 0 Å². The van der Waals surface area contributed by atoms with Gasteiger partial charge in [-0.2, -0.15) is 0 Å². The zero-order chi connectivity index (χ0) is 12.3. The molecule has 0 aromatic heterocycles. The van der Waals surface area contributed by atoms with Crippen molar-refractivity contribution in [2.24, 2.45) is 5.41 Å². The fraction of sp³-hybridized carbons (Fsp3) is 0.600. The number of para-hydroxylation sites is 2. The average molecular weight is 233 g/mol. The lowest BCUT2D eigenvalue weighted by molar-refractivity contribution is 0.216. The summed E-state index contributed by atoms with van der Waals surface area (Å²) in [5.74, 6) is 0.939. The highest BCUT2D eigenvalue weighted by atomic mass is 16.5. The molecule has 94 valence electrons. The Bertz CT molecular complexity index is 373. The molecule has 17 heavy (non-hydrogen) atoms. The molecule has 0 saturated heterocycles. The fourth-order valence-electron chi connectivity index (χ4n) is 2.71. The highest BCUT2D eigenvalue weighted by Crippen LogP contribution is 2.38. The van der Waals surface area contributed by atoms with E-state index in [1.807, 2.05) is 12.1 Å². The number of hydrogen-bond donors (Lipinski definition) is 1. The van der Waals surface area contributed by atoms with E-state index in [1.54, 1.807) is 7.11 Å². The Kier molecular flexibility index (Phi) is 3.60. The molecule has 1 aromatic rings. The predicted molar refractivity (Wildman–Crippen MR) is 72.7 cm³/mol. The molecular formula is C15H23NO. The second-order valence-electron chi connectivity index (χ2n) is 5.63. The first-order valence-corrected chi connectivity index (χ1v) is 6.53. The molecule has 0 bridgehead atoms. The third-order valence-electron chi connectivity index (χ3n) is 3.94. The molecule has 0 heterocycles. The van der Waals surface area contributed by atoms with Gasteiger partial charge < -0.3 is 10.1 Å². The summed E-state index contributed by atoms with van der Waals surface area (Å²) >= 11 is 0. The lowest BCUT2D eigenvalue weighted by Crippen LogP contribution is -2.38. The zero-order valence-electron chi connectivity index (χ0n) is 11.1. The molecule has 0 radical (unpaired) electrons. The van der Waals surface area contributed by atoms with E-state index in [0.717, 1.165) is 11.4 Å². The molecule has 0 spiro atoms. The molecule has 0 aliphatic heterocycles. The molecular weight excluding hydrogens is 210 g/mol. The number of methoxy groups -OCH3 is 1. The SMILES string of the molecule is COc1ccccc1NC1CCCCC1(C)C. The normalized spacial score (nSPS) is 23.1. The Balaban J connectivity index is 2.14. The lowest BCUT2D eigenvalue weighted by Gasteiger charge is -2.39. The highest BCUT2D eigenvalue weighted by Gasteiger charge is 2.32. The highest BCUT2D eigenvalue weighted by molar-refractivity contribution is 5.56. The van der Waals surface area contributed by atoms with Crippen molar-refractivity contribution in [3.8, 4) is 5.75 Å². The van der Waals surface area contributed by atoms with Crippen LogP contribution in [-0.4, -0.2) is 13.2 Å². The van der Waals surface area contributed by atoms with Gasteiger partial charge in [0.05, 0.1) is 12.8 Å². The summed E-state index contributed by atoms with van der Waals surface area (Å²) in [4.78, 5) is 0. The van der Waals surface area contributed by atoms with Crippen molar-refractivity contribution in [3.05, 3.63) is 24.3 Å². The summed E-state index contributed by atoms with van der Waals surface area (Å²) < 4.78 is 5.39. The predicted octanol–water partition coefficient (Wildman–Crippen LogP) is 4.08. The molecule has 2 nitrogen and oxygen atoms in total. The number of anilines is 1. The van der Waals surface area contributed by atoms with Crippen molar-refractivity contribution in [1.82, 2.24) is 0 Å². The Morgan fingerprint density at radius 1 is 1.24 bits per heavy atom. The Morgan fingerprint density at radius 2 is 2.00 bits per heavy atom. The van der Waals surface area contributed by atoms with E-state index >= 15 is 0 Å². The van der Waals surface area contributed by atoms with Crippen molar-refractivity contribution >= 4 is 5.69 Å². The molecule has 1 aromatic carbocycles. The van der Waals surface area contributed by atoms with Gasteiger partial charge in [-0.25, -0.2) is 0 Å². The van der Waals surface area contributed by atoms with Crippen LogP contribution in [0.3, 0.4) is 0 Å². The first kappa shape index (κ1) is 12.3. The Labute approximate surface area is 104 Å². The first-order chi connectivity index (χ1) is 8.13. The monoisotopic (exact) mass is 233 g/mol. The minimum absolute atomic E-state index is 0.374. The molecule has 0 amide bonds. The van der Waals surface area contributed by atoms with Crippen molar-refractivity contribution in [2.75, 3.05) is 12.4 Å². The van der Waals surface area contributed by atoms with Crippen LogP contribution in [-0.2, 0) is 0 Å². The second kappa shape index (κ2) is 4.99. The van der Waals surface area contributed by atoms with Crippen LogP contribution in [0.2, 0.25) is 0 Å². The summed E-state index contributed by atoms with van der Waals surface area (Å²) in [6, 6.07) is 8.73. The van der Waals surface area contributed by atoms with E-state index in [9.17, 15) is 0 Å². The summed E-state index contributed by atoms with van der Waals surface area (Å²) in [5.41, 5.74) is 1.49. The average Bonchev–Trinajstić information content (AvgIpc) is 2.32. The summed E-state index contributed by atoms with van der Waals surface area (Å²) in [7, 11) is 1.73. The summed E-state index contributed by atoms with van der Waals surface area (Å²) in [5, 5.41) is 3.67. The van der Waals surface area contributed by atoms with Gasteiger partial charge in [0, 0.05) is 6.04 Å². The van der Waals surface area contributed by atoms with Crippen LogP contribution in [0.25, 0.3) is 0 Å². The molecule has 2 heteroatoms. The van der Waals surface area contributed by atoms with Gasteiger partial charge in [0.1, 0.15) is 5.75 Å². The van der Waals surface area contributed by atoms with Crippen LogP contribution in [0.1, 0.15) is 39.5 Å². The van der Waals surface area contributed by atoms with Gasteiger partial charge in [0.25, 0.3) is 0 Å². The molecule has 1 saturated carbocycles. The molecule has 1 fully saturated rings. The molecule has 2 rings (SSSR count). The standard InChI is InChI=1S/C15H23NO/c1-15(2)11-7-6-10-14(15)16-12-8-4-5-9-13(12)17-3/h4-5,8-9,14,16H,6-7,10-11H2,1-3H3. The van der Waals surface area contributed by atoms with Crippen molar-refractivity contribution < 1.29 is 4.74 Å². The van der Waals surface area contributed by atoms with Crippen LogP contribution in [0.5, 0.6) is 5.75 Å². The molecule has 1 N–H and O–H groups in total. The van der Waals surface area contributed by atoms with Gasteiger partial charge >= 0.3 is 0 Å². The van der Waals surface area contributed by atoms with Crippen LogP contribution in [0.4, 0.5) is 5.69 Å². The maximum atomic E-state index is 5.39. The first-order valence-electron chi connectivity index (χ1n) is 6.53. The van der Waals surface area contributed by atoms with Gasteiger partial charge in [-0.3, -0.25) is 0 Å². The molecule has 1 aliphatic carbocycles. The van der Waals surface area contributed by atoms with Crippen molar-refractivity contribution in [3.63, 3.8) is 0 Å². The lowest BCUT2D eigenvalue weighted by atomic mass is 9.73. The minimum Gasteiger partial charge on any atom is -0.495 e. The Hall–Kier alpha value is -1.18. The molecule has 1 unspecified atom stereocenters. The number of hydrogen-bond acceptors (Lipinski definition) is 2. The van der Waals surface area contributed by atoms with Crippen LogP contribution in [0, 0.1) is 5.41 Å². The van der Waals surface area contributed by atoms with E-state index < -0.39 is 0 Å². The third-order valence-corrected chi connectivity index (χ3v) is 3.94. The summed E-state index contributed by atoms with van der Waals surface area (Å²) in [6.45, 7) is 4.72.